The molecule has 0 aromatic rings. The van der Waals surface area contributed by atoms with E-state index in [4.69, 9.17) is 42.6 Å². The molecular formula is C24H38O22S. The number of aliphatic hydroxyl groups is 9. The molecule has 0 spiro atoms. The molecule has 272 valence electrons. The van der Waals surface area contributed by atoms with Gasteiger partial charge in [-0.15, -0.1) is 0 Å². The van der Waals surface area contributed by atoms with Crippen LogP contribution in [0.4, 0.5) is 0 Å². The molecule has 0 saturated carbocycles. The number of rotatable bonds is 10. The van der Waals surface area contributed by atoms with E-state index in [2.05, 4.69) is 4.18 Å². The Balaban J connectivity index is 1.17. The minimum atomic E-state index is -5.24. The number of ether oxygens (including phenoxy) is 9. The second-order valence-corrected chi connectivity index (χ2v) is 12.9. The van der Waals surface area contributed by atoms with Crippen LogP contribution in [0, 0.1) is 0 Å². The predicted molar refractivity (Wildman–Crippen MR) is 138 cm³/mol. The van der Waals surface area contributed by atoms with E-state index in [0.29, 0.717) is 0 Å². The normalized spacial score (nSPS) is 53.3. The fourth-order valence-electron chi connectivity index (χ4n) is 6.52. The van der Waals surface area contributed by atoms with Crippen molar-refractivity contribution in [2.24, 2.45) is 0 Å². The molecular weight excluding hydrogens is 672 g/mol. The summed E-state index contributed by atoms with van der Waals surface area (Å²) in [5.74, 6) is 0. The van der Waals surface area contributed by atoms with Crippen LogP contribution in [0.3, 0.4) is 0 Å². The van der Waals surface area contributed by atoms with Gasteiger partial charge in [-0.25, -0.2) is 4.18 Å². The standard InChI is InChI=1S/C24H38O22S/c25-1-5-9(27)18(11(29)21(33)39-5)44-23-13(31)19-15(8(42-23)4-38-19)43-24-14(32)20(16(6(2-26)40-24)46-47(34,35)36)45-22-12(30)17-10(28)7(41-22)3-37-17/h5-33H,1-4H2,(H,34,35,36). The van der Waals surface area contributed by atoms with Crippen LogP contribution in [0.15, 0.2) is 0 Å². The predicted octanol–water partition coefficient (Wildman–Crippen LogP) is -7.83. The van der Waals surface area contributed by atoms with Gasteiger partial charge in [0.1, 0.15) is 97.7 Å². The van der Waals surface area contributed by atoms with Gasteiger partial charge in [0.25, 0.3) is 0 Å². The first kappa shape index (κ1) is 36.0. The van der Waals surface area contributed by atoms with Crippen molar-refractivity contribution < 1.29 is 106 Å². The van der Waals surface area contributed by atoms with E-state index < -0.39 is 146 Å². The van der Waals surface area contributed by atoms with Gasteiger partial charge < -0.3 is 88.6 Å². The molecule has 47 heavy (non-hydrogen) atoms. The SMILES string of the molecule is O=S(=O)(O)OC1C(CO)OC(OC2C3COC2C(O)C(OC2C(O)C(O)OC(CO)C2O)O3)C(O)C1OC1OC2COC(C2O)C1O. The summed E-state index contributed by atoms with van der Waals surface area (Å²) in [6, 6.07) is 0. The molecule has 4 bridgehead atoms. The first-order valence-electron chi connectivity index (χ1n) is 14.7. The second kappa shape index (κ2) is 14.0. The Morgan fingerprint density at radius 2 is 1.11 bits per heavy atom. The highest BCUT2D eigenvalue weighted by molar-refractivity contribution is 7.80. The molecule has 20 unspecified atom stereocenters. The summed E-state index contributed by atoms with van der Waals surface area (Å²) in [5, 5.41) is 93.4. The molecule has 6 aliphatic heterocycles. The zero-order chi connectivity index (χ0) is 33.9. The van der Waals surface area contributed by atoms with Crippen molar-refractivity contribution in [2.45, 2.75) is 123 Å². The van der Waals surface area contributed by atoms with Gasteiger partial charge in [0.2, 0.25) is 0 Å². The highest BCUT2D eigenvalue weighted by Gasteiger charge is 2.59. The average molecular weight is 711 g/mol. The van der Waals surface area contributed by atoms with Gasteiger partial charge in [0.05, 0.1) is 26.4 Å². The van der Waals surface area contributed by atoms with Crippen molar-refractivity contribution in [3.8, 4) is 0 Å². The molecule has 6 saturated heterocycles. The third-order valence-electron chi connectivity index (χ3n) is 8.90. The first-order chi connectivity index (χ1) is 22.2. The molecule has 0 aliphatic carbocycles. The fraction of sp³-hybridized carbons (Fsp3) is 1.00. The molecule has 6 heterocycles. The van der Waals surface area contributed by atoms with Crippen LogP contribution >= 0.6 is 0 Å². The highest BCUT2D eigenvalue weighted by Crippen LogP contribution is 2.39. The molecule has 20 atom stereocenters. The zero-order valence-electron chi connectivity index (χ0n) is 24.2. The fourth-order valence-corrected chi connectivity index (χ4v) is 7.03. The van der Waals surface area contributed by atoms with Crippen molar-refractivity contribution >= 4 is 10.4 Å². The third kappa shape index (κ3) is 6.93. The molecule has 23 heteroatoms. The Bertz CT molecular complexity index is 1180. The van der Waals surface area contributed by atoms with Crippen molar-refractivity contribution in [3.63, 3.8) is 0 Å². The van der Waals surface area contributed by atoms with Crippen molar-refractivity contribution in [3.05, 3.63) is 0 Å². The minimum absolute atomic E-state index is 0.110. The maximum atomic E-state index is 11.7. The molecule has 0 amide bonds. The molecule has 0 aromatic heterocycles. The maximum absolute atomic E-state index is 11.7. The summed E-state index contributed by atoms with van der Waals surface area (Å²) < 4.78 is 87.3. The molecule has 0 aromatic carbocycles. The molecule has 6 aliphatic rings. The van der Waals surface area contributed by atoms with Crippen LogP contribution in [-0.4, -0.2) is 208 Å². The molecule has 10 N–H and O–H groups in total. The Labute approximate surface area is 265 Å². The van der Waals surface area contributed by atoms with E-state index in [0.717, 1.165) is 0 Å². The smallest absolute Gasteiger partial charge is 0.394 e. The summed E-state index contributed by atoms with van der Waals surface area (Å²) in [4.78, 5) is 0. The summed E-state index contributed by atoms with van der Waals surface area (Å²) in [6.07, 6.45) is -30.8. The summed E-state index contributed by atoms with van der Waals surface area (Å²) in [7, 11) is -5.24. The van der Waals surface area contributed by atoms with Gasteiger partial charge in [-0.2, -0.15) is 8.42 Å². The lowest BCUT2D eigenvalue weighted by molar-refractivity contribution is -0.370. The van der Waals surface area contributed by atoms with E-state index in [9.17, 15) is 58.9 Å². The van der Waals surface area contributed by atoms with Gasteiger partial charge in [-0.05, 0) is 0 Å². The second-order valence-electron chi connectivity index (χ2n) is 11.9. The number of fused-ring (bicyclic) bond motifs is 4. The van der Waals surface area contributed by atoms with Crippen LogP contribution in [0.5, 0.6) is 0 Å². The van der Waals surface area contributed by atoms with Crippen LogP contribution in [0.2, 0.25) is 0 Å². The van der Waals surface area contributed by atoms with Gasteiger partial charge in [-0.3, -0.25) is 4.55 Å². The largest absolute Gasteiger partial charge is 0.397 e. The summed E-state index contributed by atoms with van der Waals surface area (Å²) >= 11 is 0. The highest BCUT2D eigenvalue weighted by atomic mass is 32.3. The number of aliphatic hydroxyl groups excluding tert-OH is 9. The Morgan fingerprint density at radius 3 is 1.77 bits per heavy atom. The van der Waals surface area contributed by atoms with Crippen molar-refractivity contribution in [2.75, 3.05) is 26.4 Å². The van der Waals surface area contributed by atoms with E-state index in [1.54, 1.807) is 0 Å². The molecule has 0 radical (unpaired) electrons. The van der Waals surface area contributed by atoms with Crippen LogP contribution in [-0.2, 0) is 57.2 Å². The number of hydrogen-bond acceptors (Lipinski definition) is 21. The average Bonchev–Trinajstić information content (AvgIpc) is 3.48. The van der Waals surface area contributed by atoms with Gasteiger partial charge in [-0.1, -0.05) is 0 Å². The van der Waals surface area contributed by atoms with Crippen LogP contribution in [0.25, 0.3) is 0 Å². The molecule has 22 nitrogen and oxygen atoms in total. The lowest BCUT2D eigenvalue weighted by Gasteiger charge is -2.47. The summed E-state index contributed by atoms with van der Waals surface area (Å²) in [6.45, 7) is -2.01. The van der Waals surface area contributed by atoms with Crippen LogP contribution in [0.1, 0.15) is 0 Å². The lowest BCUT2D eigenvalue weighted by Crippen LogP contribution is -2.66. The van der Waals surface area contributed by atoms with E-state index >= 15 is 0 Å². The third-order valence-corrected chi connectivity index (χ3v) is 9.37. The summed E-state index contributed by atoms with van der Waals surface area (Å²) in [5.41, 5.74) is 0. The first-order valence-corrected chi connectivity index (χ1v) is 16.0. The van der Waals surface area contributed by atoms with Crippen molar-refractivity contribution in [1.82, 2.24) is 0 Å². The number of hydrogen-bond donors (Lipinski definition) is 10. The van der Waals surface area contributed by atoms with E-state index in [-0.39, 0.29) is 13.2 Å². The van der Waals surface area contributed by atoms with E-state index in [1.165, 1.54) is 0 Å². The quantitative estimate of drug-likeness (QED) is 0.0941. The Morgan fingerprint density at radius 1 is 0.553 bits per heavy atom. The minimum Gasteiger partial charge on any atom is -0.394 e. The monoisotopic (exact) mass is 710 g/mol. The maximum Gasteiger partial charge on any atom is 0.397 e. The zero-order valence-corrected chi connectivity index (χ0v) is 25.0. The topological polar surface area (TPSA) is 329 Å². The lowest BCUT2D eigenvalue weighted by atomic mass is 9.96. The van der Waals surface area contributed by atoms with E-state index in [1.807, 2.05) is 0 Å². The Hall–Kier alpha value is -0.850. The van der Waals surface area contributed by atoms with Gasteiger partial charge in [0.15, 0.2) is 25.2 Å². The van der Waals surface area contributed by atoms with Gasteiger partial charge in [0, 0.05) is 0 Å². The van der Waals surface area contributed by atoms with Crippen LogP contribution < -0.4 is 0 Å². The molecule has 6 fully saturated rings. The Kier molecular flexibility index (Phi) is 10.7. The molecule has 6 rings (SSSR count). The van der Waals surface area contributed by atoms with Crippen molar-refractivity contribution in [1.29, 1.82) is 0 Å². The van der Waals surface area contributed by atoms with Gasteiger partial charge >= 0.3 is 10.4 Å².